The van der Waals surface area contributed by atoms with Crippen molar-refractivity contribution in [3.63, 3.8) is 0 Å². The first-order valence-electron chi connectivity index (χ1n) is 8.16. The Morgan fingerprint density at radius 3 is 2.69 bits per heavy atom. The highest BCUT2D eigenvalue weighted by Crippen LogP contribution is 2.26. The fourth-order valence-corrected chi connectivity index (χ4v) is 3.79. The standard InChI is InChI=1S/C21H15ClN2OS/c22-17-7-3-6-16(10-17)21-24-19(13-26-21)12-20(25)23-18-9-8-14-4-1-2-5-15(14)11-18/h1-11,13H,12H2,(H,23,25). The summed E-state index contributed by atoms with van der Waals surface area (Å²) in [4.78, 5) is 16.9. The number of carbonyl (C=O) groups is 1. The van der Waals surface area contributed by atoms with Gasteiger partial charge in [-0.2, -0.15) is 0 Å². The third-order valence-corrected chi connectivity index (χ3v) is 5.17. The molecule has 4 aromatic rings. The average Bonchev–Trinajstić information content (AvgIpc) is 3.10. The van der Waals surface area contributed by atoms with Crippen molar-refractivity contribution in [2.45, 2.75) is 6.42 Å². The molecule has 0 aliphatic heterocycles. The van der Waals surface area contributed by atoms with Gasteiger partial charge in [0.25, 0.3) is 0 Å². The summed E-state index contributed by atoms with van der Waals surface area (Å²) in [6, 6.07) is 21.5. The SMILES string of the molecule is O=C(Cc1csc(-c2cccc(Cl)c2)n1)Nc1ccc2ccccc2c1. The van der Waals surface area contributed by atoms with Crippen LogP contribution in [0.4, 0.5) is 5.69 Å². The van der Waals surface area contributed by atoms with Crippen LogP contribution in [0.3, 0.4) is 0 Å². The number of hydrogen-bond donors (Lipinski definition) is 1. The second-order valence-electron chi connectivity index (χ2n) is 5.94. The number of nitrogens with zero attached hydrogens (tertiary/aromatic N) is 1. The predicted molar refractivity (Wildman–Crippen MR) is 109 cm³/mol. The maximum absolute atomic E-state index is 12.4. The fraction of sp³-hybridized carbons (Fsp3) is 0.0476. The van der Waals surface area contributed by atoms with Crippen LogP contribution in [0.5, 0.6) is 0 Å². The van der Waals surface area contributed by atoms with Gasteiger partial charge >= 0.3 is 0 Å². The van der Waals surface area contributed by atoms with E-state index in [1.807, 2.05) is 72.1 Å². The molecule has 1 amide bonds. The molecule has 1 N–H and O–H groups in total. The van der Waals surface area contributed by atoms with Gasteiger partial charge in [-0.15, -0.1) is 11.3 Å². The first kappa shape index (κ1) is 16.8. The van der Waals surface area contributed by atoms with Crippen LogP contribution in [-0.4, -0.2) is 10.9 Å². The molecule has 0 bridgehead atoms. The summed E-state index contributed by atoms with van der Waals surface area (Å²) in [5.41, 5.74) is 2.51. The van der Waals surface area contributed by atoms with Crippen molar-refractivity contribution in [1.82, 2.24) is 4.98 Å². The summed E-state index contributed by atoms with van der Waals surface area (Å²) in [5, 5.41) is 8.64. The van der Waals surface area contributed by atoms with Gasteiger partial charge in [-0.1, -0.05) is 54.1 Å². The van der Waals surface area contributed by atoms with Crippen LogP contribution in [0, 0.1) is 0 Å². The number of nitrogens with one attached hydrogen (secondary N) is 1. The van der Waals surface area contributed by atoms with Gasteiger partial charge < -0.3 is 5.32 Å². The topological polar surface area (TPSA) is 42.0 Å². The number of hydrogen-bond acceptors (Lipinski definition) is 3. The van der Waals surface area contributed by atoms with Crippen molar-refractivity contribution < 1.29 is 4.79 Å². The maximum Gasteiger partial charge on any atom is 0.230 e. The Kier molecular flexibility index (Phi) is 4.69. The molecule has 0 radical (unpaired) electrons. The number of rotatable bonds is 4. The van der Waals surface area contributed by atoms with E-state index in [1.165, 1.54) is 11.3 Å². The minimum atomic E-state index is -0.0803. The second kappa shape index (κ2) is 7.28. The molecular weight excluding hydrogens is 364 g/mol. The summed E-state index contributed by atoms with van der Waals surface area (Å²) in [6.45, 7) is 0. The molecular formula is C21H15ClN2OS. The average molecular weight is 379 g/mol. The highest BCUT2D eigenvalue weighted by Gasteiger charge is 2.10. The number of aromatic nitrogens is 1. The van der Waals surface area contributed by atoms with Gasteiger partial charge in [-0.05, 0) is 35.0 Å². The molecule has 3 nitrogen and oxygen atoms in total. The highest BCUT2D eigenvalue weighted by molar-refractivity contribution is 7.13. The van der Waals surface area contributed by atoms with Crippen molar-refractivity contribution in [2.24, 2.45) is 0 Å². The lowest BCUT2D eigenvalue weighted by Crippen LogP contribution is -2.14. The minimum Gasteiger partial charge on any atom is -0.326 e. The van der Waals surface area contributed by atoms with Crippen LogP contribution in [0.15, 0.2) is 72.1 Å². The number of thiazole rings is 1. The number of carbonyl (C=O) groups excluding carboxylic acids is 1. The summed E-state index contributed by atoms with van der Waals surface area (Å²) in [7, 11) is 0. The largest absolute Gasteiger partial charge is 0.326 e. The Hall–Kier alpha value is -2.69. The molecule has 128 valence electrons. The summed E-state index contributed by atoms with van der Waals surface area (Å²) < 4.78 is 0. The van der Waals surface area contributed by atoms with E-state index >= 15 is 0 Å². The van der Waals surface area contributed by atoms with Crippen LogP contribution in [0.2, 0.25) is 5.02 Å². The van der Waals surface area contributed by atoms with Crippen LogP contribution < -0.4 is 5.32 Å². The molecule has 26 heavy (non-hydrogen) atoms. The zero-order chi connectivity index (χ0) is 17.9. The first-order chi connectivity index (χ1) is 12.7. The number of amides is 1. The molecule has 5 heteroatoms. The van der Waals surface area contributed by atoms with Crippen molar-refractivity contribution >= 4 is 45.3 Å². The number of benzene rings is 3. The van der Waals surface area contributed by atoms with E-state index in [9.17, 15) is 4.79 Å². The van der Waals surface area contributed by atoms with Crippen LogP contribution >= 0.6 is 22.9 Å². The van der Waals surface area contributed by atoms with Gasteiger partial charge in [-0.25, -0.2) is 4.98 Å². The van der Waals surface area contributed by atoms with Crippen molar-refractivity contribution in [3.05, 3.63) is 82.8 Å². The van der Waals surface area contributed by atoms with E-state index in [0.717, 1.165) is 32.7 Å². The Labute approximate surface area is 160 Å². The van der Waals surface area contributed by atoms with E-state index in [0.29, 0.717) is 5.02 Å². The van der Waals surface area contributed by atoms with Gasteiger partial charge in [0.05, 0.1) is 12.1 Å². The highest BCUT2D eigenvalue weighted by atomic mass is 35.5. The quantitative estimate of drug-likeness (QED) is 0.487. The molecule has 0 fully saturated rings. The van der Waals surface area contributed by atoms with Crippen LogP contribution in [-0.2, 0) is 11.2 Å². The third kappa shape index (κ3) is 3.77. The minimum absolute atomic E-state index is 0.0803. The van der Waals surface area contributed by atoms with E-state index in [2.05, 4.69) is 10.3 Å². The van der Waals surface area contributed by atoms with E-state index in [4.69, 9.17) is 11.6 Å². The third-order valence-electron chi connectivity index (χ3n) is 4.00. The Morgan fingerprint density at radius 1 is 1.00 bits per heavy atom. The van der Waals surface area contributed by atoms with Gasteiger partial charge in [0.15, 0.2) is 0 Å². The van der Waals surface area contributed by atoms with Gasteiger partial charge in [0, 0.05) is 21.7 Å². The van der Waals surface area contributed by atoms with Crippen molar-refractivity contribution in [2.75, 3.05) is 5.32 Å². The van der Waals surface area contributed by atoms with Gasteiger partial charge in [0.2, 0.25) is 5.91 Å². The molecule has 0 saturated heterocycles. The Bertz CT molecular complexity index is 1090. The lowest BCUT2D eigenvalue weighted by atomic mass is 10.1. The molecule has 0 aliphatic carbocycles. The number of halogens is 1. The van der Waals surface area contributed by atoms with E-state index in [1.54, 1.807) is 0 Å². The molecule has 3 aromatic carbocycles. The molecule has 1 aromatic heterocycles. The molecule has 0 saturated carbocycles. The van der Waals surface area contributed by atoms with Crippen LogP contribution in [0.1, 0.15) is 5.69 Å². The summed E-state index contributed by atoms with van der Waals surface area (Å²) in [6.07, 6.45) is 0.240. The van der Waals surface area contributed by atoms with Crippen molar-refractivity contribution in [3.8, 4) is 10.6 Å². The summed E-state index contributed by atoms with van der Waals surface area (Å²) >= 11 is 7.54. The smallest absolute Gasteiger partial charge is 0.230 e. The van der Waals surface area contributed by atoms with Crippen LogP contribution in [0.25, 0.3) is 21.3 Å². The zero-order valence-corrected chi connectivity index (χ0v) is 15.3. The monoisotopic (exact) mass is 378 g/mol. The number of anilines is 1. The molecule has 0 spiro atoms. The zero-order valence-electron chi connectivity index (χ0n) is 13.8. The molecule has 0 aliphatic rings. The first-order valence-corrected chi connectivity index (χ1v) is 9.42. The summed E-state index contributed by atoms with van der Waals surface area (Å²) in [5.74, 6) is -0.0803. The number of fused-ring (bicyclic) bond motifs is 1. The van der Waals surface area contributed by atoms with Gasteiger partial charge in [-0.3, -0.25) is 4.79 Å². The predicted octanol–water partition coefficient (Wildman–Crippen LogP) is 5.80. The van der Waals surface area contributed by atoms with E-state index < -0.39 is 0 Å². The van der Waals surface area contributed by atoms with Crippen molar-refractivity contribution in [1.29, 1.82) is 0 Å². The lowest BCUT2D eigenvalue weighted by molar-refractivity contribution is -0.115. The van der Waals surface area contributed by atoms with E-state index in [-0.39, 0.29) is 12.3 Å². The lowest BCUT2D eigenvalue weighted by Gasteiger charge is -2.05. The molecule has 0 unspecified atom stereocenters. The van der Waals surface area contributed by atoms with Gasteiger partial charge in [0.1, 0.15) is 5.01 Å². The normalized spacial score (nSPS) is 10.8. The molecule has 0 atom stereocenters. The Balaban J connectivity index is 1.46. The molecule has 1 heterocycles. The Morgan fingerprint density at radius 2 is 1.85 bits per heavy atom. The second-order valence-corrected chi connectivity index (χ2v) is 7.24. The fourth-order valence-electron chi connectivity index (χ4n) is 2.78. The molecule has 4 rings (SSSR count). The maximum atomic E-state index is 12.4.